The largest absolute Gasteiger partial charge is 0.467 e. The fourth-order valence-electron chi connectivity index (χ4n) is 3.80. The van der Waals surface area contributed by atoms with Crippen LogP contribution in [0.4, 0.5) is 0 Å². The van der Waals surface area contributed by atoms with Crippen molar-refractivity contribution < 1.29 is 14.3 Å². The van der Waals surface area contributed by atoms with Gasteiger partial charge in [0, 0.05) is 30.4 Å². The van der Waals surface area contributed by atoms with Crippen molar-refractivity contribution in [1.82, 2.24) is 20.2 Å². The third kappa shape index (κ3) is 3.23. The molecular weight excluding hydrogens is 436 g/mol. The van der Waals surface area contributed by atoms with Gasteiger partial charge < -0.3 is 15.0 Å². The second-order valence-electron chi connectivity index (χ2n) is 7.23. The summed E-state index contributed by atoms with van der Waals surface area (Å²) in [6.07, 6.45) is 2.52. The minimum absolute atomic E-state index is 0.160. The number of carbonyl (C=O) groups is 2. The maximum Gasteiger partial charge on any atom is 0.274 e. The average Bonchev–Trinajstić information content (AvgIpc) is 2.74. The summed E-state index contributed by atoms with van der Waals surface area (Å²) in [5.74, 6) is 0.245. The van der Waals surface area contributed by atoms with Crippen molar-refractivity contribution in [3.63, 3.8) is 0 Å². The molecule has 1 N–H and O–H groups in total. The van der Waals surface area contributed by atoms with Crippen molar-refractivity contribution in [1.29, 1.82) is 0 Å². The van der Waals surface area contributed by atoms with Gasteiger partial charge in [-0.25, -0.2) is 4.98 Å². The number of rotatable bonds is 1. The van der Waals surface area contributed by atoms with Gasteiger partial charge in [-0.05, 0) is 30.3 Å². The van der Waals surface area contributed by atoms with Crippen molar-refractivity contribution in [3.8, 4) is 5.75 Å². The number of nitrogens with one attached hydrogen (secondary N) is 1. The summed E-state index contributed by atoms with van der Waals surface area (Å²) >= 11 is 3.38. The Kier molecular flexibility index (Phi) is 4.24. The summed E-state index contributed by atoms with van der Waals surface area (Å²) in [7, 11) is 0. The number of carbonyl (C=O) groups excluding carboxylic acids is 2. The van der Waals surface area contributed by atoms with Crippen LogP contribution in [0.1, 0.15) is 33.7 Å². The van der Waals surface area contributed by atoms with E-state index in [4.69, 9.17) is 4.74 Å². The Morgan fingerprint density at radius 3 is 2.69 bits per heavy atom. The lowest BCUT2D eigenvalue weighted by molar-refractivity contribution is -0.0246. The molecule has 2 aliphatic heterocycles. The minimum Gasteiger partial charge on any atom is -0.467 e. The number of ether oxygens (including phenoxy) is 1. The van der Waals surface area contributed by atoms with Crippen LogP contribution >= 0.6 is 15.9 Å². The molecule has 3 heterocycles. The SMILES string of the molecule is O=C1NC2(CCN(C(=O)c3cnc4ccccc4n3)CC2)Oc2ccc(Br)cc21. The Morgan fingerprint density at radius 2 is 1.90 bits per heavy atom. The number of hydrogen-bond acceptors (Lipinski definition) is 5. The smallest absolute Gasteiger partial charge is 0.274 e. The quantitative estimate of drug-likeness (QED) is 0.612. The molecule has 8 heteroatoms. The van der Waals surface area contributed by atoms with Gasteiger partial charge in [0.05, 0.1) is 22.8 Å². The van der Waals surface area contributed by atoms with Gasteiger partial charge in [-0.3, -0.25) is 14.6 Å². The first-order valence-electron chi connectivity index (χ1n) is 9.35. The summed E-state index contributed by atoms with van der Waals surface area (Å²) in [5.41, 5.74) is 1.49. The van der Waals surface area contributed by atoms with E-state index in [9.17, 15) is 9.59 Å². The number of fused-ring (bicyclic) bond motifs is 2. The molecule has 0 saturated carbocycles. The lowest BCUT2D eigenvalue weighted by atomic mass is 9.96. The molecular formula is C21H17BrN4O3. The van der Waals surface area contributed by atoms with Crippen LogP contribution in [0.15, 0.2) is 53.1 Å². The fourth-order valence-corrected chi connectivity index (χ4v) is 4.16. The number of amides is 2. The highest BCUT2D eigenvalue weighted by Gasteiger charge is 2.43. The Hall–Kier alpha value is -3.00. The molecule has 0 unspecified atom stereocenters. The number of hydrogen-bond donors (Lipinski definition) is 1. The van der Waals surface area contributed by atoms with Gasteiger partial charge in [-0.15, -0.1) is 0 Å². The van der Waals surface area contributed by atoms with E-state index in [-0.39, 0.29) is 11.8 Å². The highest BCUT2D eigenvalue weighted by molar-refractivity contribution is 9.10. The van der Waals surface area contributed by atoms with Crippen LogP contribution in [0.25, 0.3) is 11.0 Å². The zero-order valence-electron chi connectivity index (χ0n) is 15.4. The van der Waals surface area contributed by atoms with Crippen LogP contribution < -0.4 is 10.1 Å². The molecule has 7 nitrogen and oxygen atoms in total. The standard InChI is InChI=1S/C21H17BrN4O3/c22-13-5-6-18-14(11-13)19(27)25-21(29-18)7-9-26(10-8-21)20(28)17-12-23-15-3-1-2-4-16(15)24-17/h1-6,11-12H,7-10H2,(H,25,27). The third-order valence-corrected chi connectivity index (χ3v) is 5.85. The van der Waals surface area contributed by atoms with Crippen molar-refractivity contribution in [2.75, 3.05) is 13.1 Å². The van der Waals surface area contributed by atoms with Crippen molar-refractivity contribution in [2.24, 2.45) is 0 Å². The molecule has 0 bridgehead atoms. The number of aromatic nitrogens is 2. The number of benzene rings is 2. The summed E-state index contributed by atoms with van der Waals surface area (Å²) in [4.78, 5) is 36.0. The third-order valence-electron chi connectivity index (χ3n) is 5.36. The van der Waals surface area contributed by atoms with Crippen LogP contribution in [0.5, 0.6) is 5.75 Å². The van der Waals surface area contributed by atoms with E-state index in [1.54, 1.807) is 17.0 Å². The first-order valence-corrected chi connectivity index (χ1v) is 10.1. The molecule has 2 aromatic carbocycles. The van der Waals surface area contributed by atoms with Gasteiger partial charge in [0.2, 0.25) is 0 Å². The maximum absolute atomic E-state index is 12.9. The highest BCUT2D eigenvalue weighted by atomic mass is 79.9. The van der Waals surface area contributed by atoms with Crippen molar-refractivity contribution in [2.45, 2.75) is 18.6 Å². The summed E-state index contributed by atoms with van der Waals surface area (Å²) in [5, 5.41) is 2.99. The molecule has 1 spiro atoms. The van der Waals surface area contributed by atoms with Gasteiger partial charge in [0.25, 0.3) is 11.8 Å². The normalized spacial score (nSPS) is 17.6. The molecule has 2 aliphatic rings. The van der Waals surface area contributed by atoms with Gasteiger partial charge >= 0.3 is 0 Å². The van der Waals surface area contributed by atoms with Crippen LogP contribution in [-0.4, -0.2) is 45.5 Å². The van der Waals surface area contributed by atoms with Gasteiger partial charge in [-0.1, -0.05) is 28.1 Å². The molecule has 3 aromatic rings. The highest BCUT2D eigenvalue weighted by Crippen LogP contribution is 2.35. The zero-order chi connectivity index (χ0) is 20.0. The molecule has 1 saturated heterocycles. The van der Waals surface area contributed by atoms with Gasteiger partial charge in [0.15, 0.2) is 5.72 Å². The number of likely N-dealkylation sites (tertiary alicyclic amines) is 1. The van der Waals surface area contributed by atoms with E-state index in [1.807, 2.05) is 30.3 Å². The molecule has 5 rings (SSSR count). The van der Waals surface area contributed by atoms with Crippen molar-refractivity contribution >= 4 is 38.8 Å². The zero-order valence-corrected chi connectivity index (χ0v) is 17.0. The Labute approximate surface area is 175 Å². The van der Waals surface area contributed by atoms with Crippen LogP contribution in [0.3, 0.4) is 0 Å². The number of halogens is 1. The summed E-state index contributed by atoms with van der Waals surface area (Å²) < 4.78 is 6.98. The fraction of sp³-hybridized carbons (Fsp3) is 0.238. The molecule has 2 amide bonds. The second-order valence-corrected chi connectivity index (χ2v) is 8.14. The van der Waals surface area contributed by atoms with Crippen molar-refractivity contribution in [3.05, 3.63) is 64.4 Å². The predicted octanol–water partition coefficient (Wildman–Crippen LogP) is 3.15. The van der Waals surface area contributed by atoms with Gasteiger partial charge in [-0.2, -0.15) is 0 Å². The minimum atomic E-state index is -0.788. The van der Waals surface area contributed by atoms with E-state index in [2.05, 4.69) is 31.2 Å². The predicted molar refractivity (Wildman–Crippen MR) is 110 cm³/mol. The Balaban J connectivity index is 1.32. The monoisotopic (exact) mass is 452 g/mol. The Morgan fingerprint density at radius 1 is 1.14 bits per heavy atom. The molecule has 0 atom stereocenters. The first kappa shape index (κ1) is 18.1. The number of para-hydroxylation sites is 2. The summed E-state index contributed by atoms with van der Waals surface area (Å²) in [6, 6.07) is 12.8. The number of piperidine rings is 1. The van der Waals surface area contributed by atoms with Crippen LogP contribution in [0, 0.1) is 0 Å². The lowest BCUT2D eigenvalue weighted by Crippen LogP contribution is -2.61. The van der Waals surface area contributed by atoms with Gasteiger partial charge in [0.1, 0.15) is 11.4 Å². The molecule has 146 valence electrons. The Bertz CT molecular complexity index is 1140. The molecule has 1 fully saturated rings. The molecule has 1 aromatic heterocycles. The van der Waals surface area contributed by atoms with E-state index < -0.39 is 5.72 Å². The molecule has 0 aliphatic carbocycles. The second kappa shape index (κ2) is 6.81. The first-order chi connectivity index (χ1) is 14.0. The van der Waals surface area contributed by atoms with E-state index in [0.717, 1.165) is 9.99 Å². The van der Waals surface area contributed by atoms with E-state index in [1.165, 1.54) is 6.20 Å². The maximum atomic E-state index is 12.9. The lowest BCUT2D eigenvalue weighted by Gasteiger charge is -2.44. The summed E-state index contributed by atoms with van der Waals surface area (Å²) in [6.45, 7) is 0.916. The van der Waals surface area contributed by atoms with Crippen LogP contribution in [-0.2, 0) is 0 Å². The molecule has 0 radical (unpaired) electrons. The topological polar surface area (TPSA) is 84.4 Å². The van der Waals surface area contributed by atoms with E-state index >= 15 is 0 Å². The molecule has 29 heavy (non-hydrogen) atoms. The number of nitrogens with zero attached hydrogens (tertiary/aromatic N) is 3. The average molecular weight is 453 g/mol. The van der Waals surface area contributed by atoms with Crippen LogP contribution in [0.2, 0.25) is 0 Å². The van der Waals surface area contributed by atoms with E-state index in [0.29, 0.717) is 48.5 Å².